The average Bonchev–Trinajstić information content (AvgIpc) is 2.65. The van der Waals surface area contributed by atoms with E-state index in [-0.39, 0.29) is 17.5 Å². The number of nitrogens with one attached hydrogen (secondary N) is 2. The molecule has 0 aliphatic carbocycles. The second-order valence-corrected chi connectivity index (χ2v) is 5.62. The third-order valence-corrected chi connectivity index (χ3v) is 3.88. The predicted octanol–water partition coefficient (Wildman–Crippen LogP) is 1.45. The van der Waals surface area contributed by atoms with Crippen molar-refractivity contribution in [3.63, 3.8) is 0 Å². The molecule has 0 fully saturated rings. The van der Waals surface area contributed by atoms with E-state index in [1.54, 1.807) is 12.1 Å². The Balaban J connectivity index is 3.23. The normalized spacial score (nSPS) is 11.0. The van der Waals surface area contributed by atoms with E-state index < -0.39 is 17.9 Å². The lowest BCUT2D eigenvalue weighted by Crippen LogP contribution is -2.47. The molecule has 0 saturated heterocycles. The number of hydrogen-bond donors (Lipinski definition) is 2. The number of imide groups is 1. The van der Waals surface area contributed by atoms with Crippen LogP contribution in [0.1, 0.15) is 46.9 Å². The quantitative estimate of drug-likeness (QED) is 0.375. The van der Waals surface area contributed by atoms with Crippen LogP contribution in [0.4, 0.5) is 5.69 Å². The number of likely N-dealkylation sites (N-methyl/N-ethyl adjacent to an activating group) is 1. The Morgan fingerprint density at radius 2 is 2.08 bits per heavy atom. The van der Waals surface area contributed by atoms with Crippen molar-refractivity contribution in [2.24, 2.45) is 0 Å². The van der Waals surface area contributed by atoms with Gasteiger partial charge in [0.1, 0.15) is 6.04 Å². The van der Waals surface area contributed by atoms with Gasteiger partial charge in [-0.2, -0.15) is 0 Å². The van der Waals surface area contributed by atoms with Crippen molar-refractivity contribution < 1.29 is 19.2 Å². The Morgan fingerprint density at radius 3 is 2.65 bits per heavy atom. The van der Waals surface area contributed by atoms with Gasteiger partial charge < -0.3 is 10.2 Å². The van der Waals surface area contributed by atoms with Gasteiger partial charge in [-0.3, -0.25) is 24.5 Å². The highest BCUT2D eigenvalue weighted by Crippen LogP contribution is 2.22. The number of carbonyl (C=O) groups is 4. The second kappa shape index (κ2) is 10.7. The van der Waals surface area contributed by atoms with Gasteiger partial charge in [-0.15, -0.1) is 12.3 Å². The maximum atomic E-state index is 13.0. The summed E-state index contributed by atoms with van der Waals surface area (Å²) in [6.45, 7) is 2.30. The minimum Gasteiger partial charge on any atom is -0.383 e. The maximum absolute atomic E-state index is 13.0. The molecule has 0 heterocycles. The van der Waals surface area contributed by atoms with Crippen LogP contribution in [0, 0.1) is 12.3 Å². The zero-order valence-electron chi connectivity index (χ0n) is 15.0. The van der Waals surface area contributed by atoms with Crippen LogP contribution in [-0.4, -0.2) is 49.0 Å². The summed E-state index contributed by atoms with van der Waals surface area (Å²) in [5, 5.41) is 5.13. The van der Waals surface area contributed by atoms with Crippen molar-refractivity contribution in [1.82, 2.24) is 10.2 Å². The molecular weight excluding hydrogens is 334 g/mol. The Bertz CT molecular complexity index is 709. The van der Waals surface area contributed by atoms with E-state index in [0.29, 0.717) is 37.8 Å². The molecule has 0 aliphatic heterocycles. The molecule has 0 aliphatic rings. The third-order valence-electron chi connectivity index (χ3n) is 3.88. The Hall–Kier alpha value is -3.14. The van der Waals surface area contributed by atoms with E-state index >= 15 is 0 Å². The molecule has 7 nitrogen and oxygen atoms in total. The molecule has 0 radical (unpaired) electrons. The second-order valence-electron chi connectivity index (χ2n) is 5.62. The molecule has 1 aromatic carbocycles. The van der Waals surface area contributed by atoms with E-state index in [0.717, 1.165) is 0 Å². The fraction of sp³-hybridized carbons (Fsp3) is 0.368. The summed E-state index contributed by atoms with van der Waals surface area (Å²) in [4.78, 5) is 48.4. The number of benzene rings is 1. The number of hydrogen-bond acceptors (Lipinski definition) is 5. The van der Waals surface area contributed by atoms with Crippen molar-refractivity contribution in [2.75, 3.05) is 18.9 Å². The summed E-state index contributed by atoms with van der Waals surface area (Å²) in [6, 6.07) is 4.03. The lowest BCUT2D eigenvalue weighted by atomic mass is 10.0. The molecule has 1 rings (SSSR count). The van der Waals surface area contributed by atoms with Crippen LogP contribution >= 0.6 is 0 Å². The monoisotopic (exact) mass is 357 g/mol. The zero-order valence-corrected chi connectivity index (χ0v) is 15.0. The van der Waals surface area contributed by atoms with Crippen LogP contribution in [0.2, 0.25) is 0 Å². The number of amides is 3. The molecule has 1 aromatic rings. The Morgan fingerprint density at radius 1 is 1.35 bits per heavy atom. The van der Waals surface area contributed by atoms with Crippen molar-refractivity contribution >= 4 is 30.2 Å². The van der Waals surface area contributed by atoms with E-state index in [4.69, 9.17) is 6.42 Å². The summed E-state index contributed by atoms with van der Waals surface area (Å²) in [7, 11) is 1.47. The summed E-state index contributed by atoms with van der Waals surface area (Å²) in [6.07, 6.45) is 7.58. The van der Waals surface area contributed by atoms with Crippen molar-refractivity contribution in [3.05, 3.63) is 29.3 Å². The molecule has 7 heteroatoms. The van der Waals surface area contributed by atoms with Gasteiger partial charge in [-0.1, -0.05) is 25.5 Å². The summed E-state index contributed by atoms with van der Waals surface area (Å²) >= 11 is 0. The molecule has 2 N–H and O–H groups in total. The highest BCUT2D eigenvalue weighted by Gasteiger charge is 2.29. The first-order chi connectivity index (χ1) is 12.5. The predicted molar refractivity (Wildman–Crippen MR) is 98.8 cm³/mol. The summed E-state index contributed by atoms with van der Waals surface area (Å²) in [5.41, 5.74) is 0.841. The number of aldehydes is 1. The largest absolute Gasteiger partial charge is 0.383 e. The van der Waals surface area contributed by atoms with Gasteiger partial charge in [0.2, 0.25) is 12.3 Å². The molecular formula is C19H23N3O4. The van der Waals surface area contributed by atoms with Gasteiger partial charge in [0, 0.05) is 31.3 Å². The van der Waals surface area contributed by atoms with Crippen molar-refractivity contribution in [2.45, 2.75) is 32.2 Å². The van der Waals surface area contributed by atoms with Crippen LogP contribution in [0.3, 0.4) is 0 Å². The highest BCUT2D eigenvalue weighted by molar-refractivity contribution is 6.07. The average molecular weight is 357 g/mol. The fourth-order valence-electron chi connectivity index (χ4n) is 2.57. The minimum atomic E-state index is -0.823. The standard InChI is InChI=1S/C19H23N3O4/c1-4-6-11-20-15-10-7-9-14(12-23)17(15)19(26)22(3)16(8-5-2)18(25)21-13-24/h1,7,9-10,12-13,16,20H,5-6,8,11H2,2-3H3,(H,21,24,25). The molecule has 138 valence electrons. The number of terminal acetylenes is 1. The van der Waals surface area contributed by atoms with Crippen LogP contribution < -0.4 is 10.6 Å². The maximum Gasteiger partial charge on any atom is 0.257 e. The number of carbonyl (C=O) groups excluding carboxylic acids is 4. The first-order valence-corrected chi connectivity index (χ1v) is 8.28. The molecule has 1 atom stereocenters. The smallest absolute Gasteiger partial charge is 0.257 e. The van der Waals surface area contributed by atoms with Gasteiger partial charge in [-0.05, 0) is 12.5 Å². The van der Waals surface area contributed by atoms with Gasteiger partial charge in [0.25, 0.3) is 5.91 Å². The first kappa shape index (κ1) is 20.9. The molecule has 3 amide bonds. The molecule has 0 aromatic heterocycles. The van der Waals surface area contributed by atoms with Gasteiger partial charge in [-0.25, -0.2) is 0 Å². The van der Waals surface area contributed by atoms with Gasteiger partial charge in [0.15, 0.2) is 6.29 Å². The Kier molecular flexibility index (Phi) is 8.58. The summed E-state index contributed by atoms with van der Waals surface area (Å²) < 4.78 is 0. The van der Waals surface area contributed by atoms with Crippen LogP contribution in [0.15, 0.2) is 18.2 Å². The van der Waals surface area contributed by atoms with E-state index in [1.165, 1.54) is 18.0 Å². The third kappa shape index (κ3) is 5.18. The molecule has 0 bridgehead atoms. The topological polar surface area (TPSA) is 95.6 Å². The van der Waals surface area contributed by atoms with Crippen molar-refractivity contribution in [1.29, 1.82) is 0 Å². The molecule has 0 spiro atoms. The summed E-state index contributed by atoms with van der Waals surface area (Å²) in [5.74, 6) is 1.43. The van der Waals surface area contributed by atoms with Gasteiger partial charge >= 0.3 is 0 Å². The SMILES string of the molecule is C#CCCNc1cccc(C=O)c1C(=O)N(C)C(CCC)C(=O)NC=O. The highest BCUT2D eigenvalue weighted by atomic mass is 16.2. The zero-order chi connectivity index (χ0) is 19.5. The first-order valence-electron chi connectivity index (χ1n) is 8.28. The van der Waals surface area contributed by atoms with Crippen LogP contribution in [0.25, 0.3) is 0 Å². The van der Waals surface area contributed by atoms with E-state index in [1.807, 2.05) is 6.92 Å². The van der Waals surface area contributed by atoms with Crippen LogP contribution in [-0.2, 0) is 9.59 Å². The van der Waals surface area contributed by atoms with E-state index in [2.05, 4.69) is 16.6 Å². The number of nitrogens with zero attached hydrogens (tertiary/aromatic N) is 1. The molecule has 0 saturated carbocycles. The lowest BCUT2D eigenvalue weighted by molar-refractivity contribution is -0.128. The minimum absolute atomic E-state index is 0.169. The number of anilines is 1. The molecule has 1 unspecified atom stereocenters. The fourth-order valence-corrected chi connectivity index (χ4v) is 2.57. The van der Waals surface area contributed by atoms with Crippen LogP contribution in [0.5, 0.6) is 0 Å². The van der Waals surface area contributed by atoms with Gasteiger partial charge in [0.05, 0.1) is 5.56 Å². The van der Waals surface area contributed by atoms with E-state index in [9.17, 15) is 19.2 Å². The molecule has 26 heavy (non-hydrogen) atoms. The Labute approximate surface area is 153 Å². The number of rotatable bonds is 10. The lowest BCUT2D eigenvalue weighted by Gasteiger charge is -2.27. The van der Waals surface area contributed by atoms with Crippen molar-refractivity contribution in [3.8, 4) is 12.3 Å².